The lowest BCUT2D eigenvalue weighted by Gasteiger charge is -2.23. The van der Waals surface area contributed by atoms with E-state index in [0.717, 1.165) is 17.5 Å². The third-order valence-corrected chi connectivity index (χ3v) is 6.62. The van der Waals surface area contributed by atoms with Crippen molar-refractivity contribution in [2.45, 2.75) is 44.2 Å². The van der Waals surface area contributed by atoms with Gasteiger partial charge in [-0.25, -0.2) is 8.42 Å². The van der Waals surface area contributed by atoms with Gasteiger partial charge in [0.05, 0.1) is 24.2 Å². The molecule has 2 heterocycles. The van der Waals surface area contributed by atoms with Crippen LogP contribution in [0.1, 0.15) is 41.7 Å². The van der Waals surface area contributed by atoms with Crippen molar-refractivity contribution in [1.82, 2.24) is 14.4 Å². The molecule has 27 heavy (non-hydrogen) atoms. The van der Waals surface area contributed by atoms with Crippen LogP contribution >= 0.6 is 0 Å². The fourth-order valence-electron chi connectivity index (χ4n) is 3.16. The van der Waals surface area contributed by atoms with Crippen molar-refractivity contribution in [1.29, 1.82) is 0 Å². The highest BCUT2D eigenvalue weighted by atomic mass is 32.2. The minimum absolute atomic E-state index is 0.173. The first kappa shape index (κ1) is 19.9. The standard InChI is InChI=1S/C18H25N3O5S/c1-13-6-7-14(2)16(11-13)27(22,23)21-8-4-5-15(21)18-19-17(26-20-18)12-25-10-9-24-3/h6-7,11,15H,4-5,8-10,12H2,1-3H3. The van der Waals surface area contributed by atoms with Crippen LogP contribution in [0.4, 0.5) is 0 Å². The zero-order chi connectivity index (χ0) is 19.4. The largest absolute Gasteiger partial charge is 0.382 e. The molecule has 8 nitrogen and oxygen atoms in total. The van der Waals surface area contributed by atoms with Crippen molar-refractivity contribution in [3.8, 4) is 0 Å². The molecule has 1 aromatic heterocycles. The first-order valence-corrected chi connectivity index (χ1v) is 10.4. The zero-order valence-corrected chi connectivity index (χ0v) is 16.7. The Hall–Kier alpha value is -1.81. The van der Waals surface area contributed by atoms with Crippen molar-refractivity contribution in [3.05, 3.63) is 41.0 Å². The van der Waals surface area contributed by atoms with Gasteiger partial charge in [0.2, 0.25) is 10.0 Å². The summed E-state index contributed by atoms with van der Waals surface area (Å²) in [4.78, 5) is 4.67. The van der Waals surface area contributed by atoms with Crippen LogP contribution in [0, 0.1) is 13.8 Å². The third-order valence-electron chi connectivity index (χ3n) is 4.57. The highest BCUT2D eigenvalue weighted by Gasteiger charge is 2.39. The van der Waals surface area contributed by atoms with Crippen molar-refractivity contribution in [2.75, 3.05) is 26.9 Å². The summed E-state index contributed by atoms with van der Waals surface area (Å²) in [6.07, 6.45) is 1.41. The smallest absolute Gasteiger partial charge is 0.252 e. The van der Waals surface area contributed by atoms with Crippen molar-refractivity contribution < 1.29 is 22.4 Å². The Bertz CT molecular complexity index is 881. The van der Waals surface area contributed by atoms with Gasteiger partial charge in [0.1, 0.15) is 6.61 Å². The summed E-state index contributed by atoms with van der Waals surface area (Å²) in [5.74, 6) is 0.712. The number of rotatable bonds is 8. The second-order valence-corrected chi connectivity index (χ2v) is 8.49. The highest BCUT2D eigenvalue weighted by molar-refractivity contribution is 7.89. The van der Waals surface area contributed by atoms with Gasteiger partial charge >= 0.3 is 0 Å². The van der Waals surface area contributed by atoms with Gasteiger partial charge in [0.15, 0.2) is 5.82 Å². The van der Waals surface area contributed by atoms with E-state index in [4.69, 9.17) is 14.0 Å². The molecule has 1 aliphatic rings. The maximum atomic E-state index is 13.2. The van der Waals surface area contributed by atoms with Gasteiger partial charge in [-0.15, -0.1) is 0 Å². The Morgan fingerprint density at radius 3 is 2.89 bits per heavy atom. The number of hydrogen-bond acceptors (Lipinski definition) is 7. The van der Waals surface area contributed by atoms with E-state index in [0.29, 0.717) is 42.8 Å². The Labute approximate surface area is 159 Å². The zero-order valence-electron chi connectivity index (χ0n) is 15.8. The Morgan fingerprint density at radius 1 is 1.30 bits per heavy atom. The summed E-state index contributed by atoms with van der Waals surface area (Å²) >= 11 is 0. The first-order valence-electron chi connectivity index (χ1n) is 8.91. The summed E-state index contributed by atoms with van der Waals surface area (Å²) in [5.41, 5.74) is 1.64. The lowest BCUT2D eigenvalue weighted by atomic mass is 10.2. The number of ether oxygens (including phenoxy) is 2. The van der Waals surface area contributed by atoms with Gasteiger partial charge in [-0.3, -0.25) is 0 Å². The van der Waals surface area contributed by atoms with Gasteiger partial charge in [-0.05, 0) is 43.9 Å². The molecule has 9 heteroatoms. The van der Waals surface area contributed by atoms with E-state index >= 15 is 0 Å². The normalized spacial score (nSPS) is 18.3. The molecule has 1 aliphatic heterocycles. The number of methoxy groups -OCH3 is 1. The van der Waals surface area contributed by atoms with E-state index in [1.807, 2.05) is 19.1 Å². The quantitative estimate of drug-likeness (QED) is 0.633. The number of benzene rings is 1. The summed E-state index contributed by atoms with van der Waals surface area (Å²) < 4.78 is 43.5. The molecule has 2 aromatic rings. The summed E-state index contributed by atoms with van der Waals surface area (Å²) in [6.45, 7) is 5.20. The summed E-state index contributed by atoms with van der Waals surface area (Å²) in [5, 5.41) is 3.99. The van der Waals surface area contributed by atoms with Crippen LogP contribution in [0.2, 0.25) is 0 Å². The maximum absolute atomic E-state index is 13.2. The summed E-state index contributed by atoms with van der Waals surface area (Å²) in [6, 6.07) is 5.03. The van der Waals surface area contributed by atoms with Crippen LogP contribution in [0.15, 0.2) is 27.6 Å². The number of nitrogens with zero attached hydrogens (tertiary/aromatic N) is 3. The number of sulfonamides is 1. The molecule has 1 atom stereocenters. The third kappa shape index (κ3) is 4.37. The average Bonchev–Trinajstić information content (AvgIpc) is 3.30. The predicted octanol–water partition coefficient (Wildman–Crippen LogP) is 2.38. The molecule has 0 saturated carbocycles. The molecule has 148 valence electrons. The number of hydrogen-bond donors (Lipinski definition) is 0. The Morgan fingerprint density at radius 2 is 2.11 bits per heavy atom. The van der Waals surface area contributed by atoms with E-state index in [1.54, 1.807) is 20.1 Å². The van der Waals surface area contributed by atoms with Gasteiger partial charge in [0, 0.05) is 13.7 Å². The van der Waals surface area contributed by atoms with Gasteiger partial charge in [-0.1, -0.05) is 17.3 Å². The molecule has 0 aliphatic carbocycles. The lowest BCUT2D eigenvalue weighted by Crippen LogP contribution is -2.31. The van der Waals surface area contributed by atoms with Crippen molar-refractivity contribution in [3.63, 3.8) is 0 Å². The minimum Gasteiger partial charge on any atom is -0.382 e. The monoisotopic (exact) mass is 395 g/mol. The second kappa shape index (κ2) is 8.47. The number of aromatic nitrogens is 2. The fraction of sp³-hybridized carbons (Fsp3) is 0.556. The van der Waals surface area contributed by atoms with Crippen LogP contribution in [0.25, 0.3) is 0 Å². The van der Waals surface area contributed by atoms with Crippen LogP contribution < -0.4 is 0 Å². The van der Waals surface area contributed by atoms with E-state index in [1.165, 1.54) is 4.31 Å². The Balaban J connectivity index is 1.79. The van der Waals surface area contributed by atoms with Crippen LogP contribution in [-0.4, -0.2) is 49.7 Å². The topological polar surface area (TPSA) is 94.8 Å². The molecule has 1 saturated heterocycles. The van der Waals surface area contributed by atoms with Gasteiger partial charge in [-0.2, -0.15) is 9.29 Å². The Kier molecular flexibility index (Phi) is 6.25. The molecule has 0 radical (unpaired) electrons. The lowest BCUT2D eigenvalue weighted by molar-refractivity contribution is 0.0494. The van der Waals surface area contributed by atoms with Crippen LogP contribution in [-0.2, 0) is 26.1 Å². The van der Waals surface area contributed by atoms with Crippen molar-refractivity contribution in [2.24, 2.45) is 0 Å². The van der Waals surface area contributed by atoms with Crippen LogP contribution in [0.5, 0.6) is 0 Å². The molecular formula is C18H25N3O5S. The summed E-state index contributed by atoms with van der Waals surface area (Å²) in [7, 11) is -2.04. The van der Waals surface area contributed by atoms with Crippen molar-refractivity contribution >= 4 is 10.0 Å². The SMILES string of the molecule is COCCOCc1nc(C2CCCN2S(=O)(=O)c2cc(C)ccc2C)no1. The van der Waals surface area contributed by atoms with Gasteiger partial charge < -0.3 is 14.0 Å². The molecule has 1 fully saturated rings. The van der Waals surface area contributed by atoms with E-state index in [9.17, 15) is 8.42 Å². The molecule has 1 aromatic carbocycles. The first-order chi connectivity index (χ1) is 12.9. The fourth-order valence-corrected chi connectivity index (χ4v) is 5.13. The molecule has 0 amide bonds. The minimum atomic E-state index is -3.64. The molecule has 1 unspecified atom stereocenters. The van der Waals surface area contributed by atoms with E-state index in [2.05, 4.69) is 10.1 Å². The van der Waals surface area contributed by atoms with E-state index in [-0.39, 0.29) is 6.61 Å². The highest BCUT2D eigenvalue weighted by Crippen LogP contribution is 2.36. The van der Waals surface area contributed by atoms with Gasteiger partial charge in [0.25, 0.3) is 5.89 Å². The average molecular weight is 395 g/mol. The molecule has 0 bridgehead atoms. The molecule has 0 N–H and O–H groups in total. The maximum Gasteiger partial charge on any atom is 0.252 e. The molecule has 3 rings (SSSR count). The molecule has 0 spiro atoms. The predicted molar refractivity (Wildman–Crippen MR) is 97.6 cm³/mol. The number of aryl methyl sites for hydroxylation is 2. The van der Waals surface area contributed by atoms with Crippen LogP contribution in [0.3, 0.4) is 0 Å². The molecular weight excluding hydrogens is 370 g/mol. The van der Waals surface area contributed by atoms with E-state index < -0.39 is 16.1 Å². The second-order valence-electron chi connectivity index (χ2n) is 6.63.